The Morgan fingerprint density at radius 1 is 0.409 bits per heavy atom. The predicted molar refractivity (Wildman–Crippen MR) is 197 cm³/mol. The molecule has 0 fully saturated rings. The summed E-state index contributed by atoms with van der Waals surface area (Å²) in [5.41, 5.74) is 5.72. The number of thiophene rings is 2. The second-order valence-corrected chi connectivity index (χ2v) is 14.2. The summed E-state index contributed by atoms with van der Waals surface area (Å²) in [4.78, 5) is 5.36. The fourth-order valence-electron chi connectivity index (χ4n) is 6.75. The van der Waals surface area contributed by atoms with E-state index in [9.17, 15) is 0 Å². The Labute approximate surface area is 270 Å². The van der Waals surface area contributed by atoms with Gasteiger partial charge in [0.15, 0.2) is 0 Å². The van der Waals surface area contributed by atoms with Gasteiger partial charge >= 0.3 is 0 Å². The average molecular weight is 609 g/mol. The summed E-state index contributed by atoms with van der Waals surface area (Å²) < 4.78 is 0. The fraction of sp³-hybridized carbons (Fsp3) is 0.238. The molecule has 7 rings (SSSR count). The van der Waals surface area contributed by atoms with Crippen molar-refractivity contribution in [3.63, 3.8) is 0 Å². The minimum Gasteiger partial charge on any atom is -0.134 e. The van der Waals surface area contributed by atoms with Crippen LogP contribution in [0.4, 0.5) is 0 Å². The first kappa shape index (κ1) is 29.0. The average Bonchev–Trinajstić information content (AvgIpc) is 3.76. The maximum Gasteiger partial charge on any atom is 0.0449 e. The van der Waals surface area contributed by atoms with Crippen molar-refractivity contribution >= 4 is 55.0 Å². The summed E-state index contributed by atoms with van der Waals surface area (Å²) in [5, 5.41) is 8.45. The van der Waals surface area contributed by atoms with Gasteiger partial charge in [-0.3, -0.25) is 0 Å². The zero-order valence-electron chi connectivity index (χ0n) is 25.9. The summed E-state index contributed by atoms with van der Waals surface area (Å²) in [6.45, 7) is 4.60. The van der Waals surface area contributed by atoms with Crippen molar-refractivity contribution in [2.75, 3.05) is 0 Å². The molecule has 2 heteroatoms. The molecule has 0 spiro atoms. The van der Waals surface area contributed by atoms with Crippen LogP contribution in [0.5, 0.6) is 0 Å². The highest BCUT2D eigenvalue weighted by molar-refractivity contribution is 7.25. The highest BCUT2D eigenvalue weighted by Crippen LogP contribution is 2.43. The van der Waals surface area contributed by atoms with E-state index in [2.05, 4.69) is 123 Å². The Morgan fingerprint density at radius 2 is 0.909 bits per heavy atom. The topological polar surface area (TPSA) is 0 Å². The first-order chi connectivity index (χ1) is 21.7. The van der Waals surface area contributed by atoms with Crippen LogP contribution in [0.15, 0.2) is 109 Å². The molecule has 0 unspecified atom stereocenters. The Hall–Kier alpha value is -3.72. The second kappa shape index (κ2) is 13.1. The number of unbranched alkanes of at least 4 members (excludes halogenated alkanes) is 4. The van der Waals surface area contributed by atoms with E-state index in [1.165, 1.54) is 101 Å². The van der Waals surface area contributed by atoms with Crippen LogP contribution in [0.3, 0.4) is 0 Å². The third kappa shape index (κ3) is 5.74. The van der Waals surface area contributed by atoms with E-state index in [-0.39, 0.29) is 0 Å². The monoisotopic (exact) mass is 608 g/mol. The highest BCUT2D eigenvalue weighted by Gasteiger charge is 2.16. The molecular formula is C42H40S2. The fourth-order valence-corrected chi connectivity index (χ4v) is 8.84. The summed E-state index contributed by atoms with van der Waals surface area (Å²) in [6.07, 6.45) is 9.87. The molecule has 0 amide bonds. The van der Waals surface area contributed by atoms with Crippen molar-refractivity contribution in [1.82, 2.24) is 0 Å². The molecular weight excluding hydrogens is 569 g/mol. The molecule has 0 bridgehead atoms. The zero-order valence-corrected chi connectivity index (χ0v) is 27.5. The number of benzene rings is 5. The summed E-state index contributed by atoms with van der Waals surface area (Å²) in [7, 11) is 0. The minimum absolute atomic E-state index is 1.14. The third-order valence-electron chi connectivity index (χ3n) is 9.08. The van der Waals surface area contributed by atoms with E-state index in [4.69, 9.17) is 0 Å². The van der Waals surface area contributed by atoms with Crippen LogP contribution in [0.2, 0.25) is 0 Å². The second-order valence-electron chi connectivity index (χ2n) is 12.1. The zero-order chi connectivity index (χ0) is 29.9. The lowest BCUT2D eigenvalue weighted by atomic mass is 9.86. The molecule has 0 aliphatic heterocycles. The Morgan fingerprint density at radius 3 is 1.55 bits per heavy atom. The van der Waals surface area contributed by atoms with Crippen LogP contribution < -0.4 is 0 Å². The first-order valence-electron chi connectivity index (χ1n) is 16.4. The van der Waals surface area contributed by atoms with E-state index in [1.807, 2.05) is 22.7 Å². The third-order valence-corrected chi connectivity index (χ3v) is 11.5. The molecule has 5 aromatic carbocycles. The molecule has 0 aliphatic carbocycles. The van der Waals surface area contributed by atoms with Gasteiger partial charge in [0.25, 0.3) is 0 Å². The van der Waals surface area contributed by atoms with Crippen molar-refractivity contribution in [3.05, 3.63) is 120 Å². The number of hydrogen-bond acceptors (Lipinski definition) is 2. The number of fused-ring (bicyclic) bond motifs is 3. The van der Waals surface area contributed by atoms with Crippen LogP contribution in [0.1, 0.15) is 63.5 Å². The molecule has 0 aliphatic rings. The highest BCUT2D eigenvalue weighted by atomic mass is 32.1. The predicted octanol–water partition coefficient (Wildman–Crippen LogP) is 13.7. The Kier molecular flexibility index (Phi) is 8.64. The van der Waals surface area contributed by atoms with Crippen LogP contribution in [0.25, 0.3) is 63.0 Å². The quantitative estimate of drug-likeness (QED) is 0.101. The number of hydrogen-bond donors (Lipinski definition) is 0. The van der Waals surface area contributed by atoms with Gasteiger partial charge in [0.2, 0.25) is 0 Å². The molecule has 2 aromatic heterocycles. The van der Waals surface area contributed by atoms with Gasteiger partial charge < -0.3 is 0 Å². The summed E-state index contributed by atoms with van der Waals surface area (Å²) in [6, 6.07) is 41.2. The first-order valence-corrected chi connectivity index (χ1v) is 18.0. The Balaban J connectivity index is 1.26. The number of aryl methyl sites for hydroxylation is 2. The van der Waals surface area contributed by atoms with Gasteiger partial charge in [-0.1, -0.05) is 112 Å². The molecule has 0 atom stereocenters. The molecule has 0 nitrogen and oxygen atoms in total. The van der Waals surface area contributed by atoms with E-state index >= 15 is 0 Å². The molecule has 0 saturated carbocycles. The summed E-state index contributed by atoms with van der Waals surface area (Å²) >= 11 is 3.82. The molecule has 0 N–H and O–H groups in total. The standard InChI is InChI=1S/C42H40S2/c1-3-5-7-15-35-33-17-11-12-18-34(33)36(16-8-6-4-2)38-28-32(21-22-37(35)38)40-24-26-42(44-40)41-25-23-39(43-41)31-20-19-29-13-9-10-14-30(29)27-31/h9-14,17-28H,3-8,15-16H2,1-2H3. The molecule has 0 radical (unpaired) electrons. The number of rotatable bonds is 11. The minimum atomic E-state index is 1.14. The van der Waals surface area contributed by atoms with Crippen molar-refractivity contribution in [2.45, 2.75) is 65.2 Å². The Bertz CT molecular complexity index is 2050. The van der Waals surface area contributed by atoms with Crippen molar-refractivity contribution in [2.24, 2.45) is 0 Å². The van der Waals surface area contributed by atoms with Crippen molar-refractivity contribution in [1.29, 1.82) is 0 Å². The van der Waals surface area contributed by atoms with Crippen molar-refractivity contribution in [3.8, 4) is 30.6 Å². The van der Waals surface area contributed by atoms with Crippen LogP contribution in [-0.2, 0) is 12.8 Å². The van der Waals surface area contributed by atoms with Gasteiger partial charge in [0, 0.05) is 19.5 Å². The van der Waals surface area contributed by atoms with Gasteiger partial charge in [-0.2, -0.15) is 0 Å². The van der Waals surface area contributed by atoms with E-state index in [0.717, 1.165) is 12.8 Å². The molecule has 0 saturated heterocycles. The van der Waals surface area contributed by atoms with Crippen LogP contribution in [-0.4, -0.2) is 0 Å². The van der Waals surface area contributed by atoms with Gasteiger partial charge in [-0.15, -0.1) is 22.7 Å². The molecule has 2 heterocycles. The largest absolute Gasteiger partial charge is 0.134 e. The van der Waals surface area contributed by atoms with Gasteiger partial charge in [-0.05, 0) is 117 Å². The molecule has 44 heavy (non-hydrogen) atoms. The SMILES string of the molecule is CCCCCc1c2ccccc2c(CCCCC)c2cc(-c3ccc(-c4ccc(-c5ccc6ccccc6c5)s4)s3)ccc12. The van der Waals surface area contributed by atoms with Crippen LogP contribution >= 0.6 is 22.7 Å². The van der Waals surface area contributed by atoms with Crippen LogP contribution in [0, 0.1) is 0 Å². The van der Waals surface area contributed by atoms with Gasteiger partial charge in [-0.25, -0.2) is 0 Å². The summed E-state index contributed by atoms with van der Waals surface area (Å²) in [5.74, 6) is 0. The lowest BCUT2D eigenvalue weighted by molar-refractivity contribution is 0.719. The van der Waals surface area contributed by atoms with Gasteiger partial charge in [0.1, 0.15) is 0 Å². The van der Waals surface area contributed by atoms with Gasteiger partial charge in [0.05, 0.1) is 0 Å². The lowest BCUT2D eigenvalue weighted by Gasteiger charge is -2.18. The maximum atomic E-state index is 2.51. The van der Waals surface area contributed by atoms with Crippen molar-refractivity contribution < 1.29 is 0 Å². The van der Waals surface area contributed by atoms with E-state index in [0.29, 0.717) is 0 Å². The normalized spacial score (nSPS) is 11.7. The smallest absolute Gasteiger partial charge is 0.0449 e. The molecule has 7 aromatic rings. The lowest BCUT2D eigenvalue weighted by Crippen LogP contribution is -1.97. The molecule has 220 valence electrons. The maximum absolute atomic E-state index is 2.51. The van der Waals surface area contributed by atoms with E-state index in [1.54, 1.807) is 11.1 Å². The van der Waals surface area contributed by atoms with E-state index < -0.39 is 0 Å².